The summed E-state index contributed by atoms with van der Waals surface area (Å²) in [6.45, 7) is 1.59. The summed E-state index contributed by atoms with van der Waals surface area (Å²) in [7, 11) is 1.80. The number of nitrogens with zero attached hydrogens (tertiary/aromatic N) is 1. The second-order valence-corrected chi connectivity index (χ2v) is 5.16. The summed E-state index contributed by atoms with van der Waals surface area (Å²) in [5, 5.41) is 6.55. The van der Waals surface area contributed by atoms with Gasteiger partial charge in [0.1, 0.15) is 5.82 Å². The number of halogens is 1. The van der Waals surface area contributed by atoms with Crippen molar-refractivity contribution < 1.29 is 9.18 Å². The van der Waals surface area contributed by atoms with Crippen molar-refractivity contribution in [2.75, 3.05) is 20.1 Å². The molecule has 1 heterocycles. The average molecular weight is 295 g/mol. The predicted molar refractivity (Wildman–Crippen MR) is 80.1 cm³/mol. The Labute approximate surface area is 123 Å². The van der Waals surface area contributed by atoms with Crippen LogP contribution < -0.4 is 10.6 Å². The average Bonchev–Trinajstić information content (AvgIpc) is 2.47. The van der Waals surface area contributed by atoms with Crippen molar-refractivity contribution >= 4 is 23.2 Å². The smallest absolute Gasteiger partial charge is 0.254 e. The van der Waals surface area contributed by atoms with Crippen LogP contribution in [-0.4, -0.2) is 42.1 Å². The largest absolute Gasteiger partial charge is 0.366 e. The van der Waals surface area contributed by atoms with E-state index in [0.717, 1.165) is 31.0 Å². The number of likely N-dealkylation sites (tertiary alicyclic amines) is 1. The quantitative estimate of drug-likeness (QED) is 0.812. The van der Waals surface area contributed by atoms with Crippen molar-refractivity contribution in [2.45, 2.75) is 18.9 Å². The van der Waals surface area contributed by atoms with Crippen molar-refractivity contribution in [3.8, 4) is 0 Å². The van der Waals surface area contributed by atoms with Crippen LogP contribution in [0.2, 0.25) is 0 Å². The van der Waals surface area contributed by atoms with Gasteiger partial charge < -0.3 is 15.5 Å². The van der Waals surface area contributed by atoms with Gasteiger partial charge in [-0.15, -0.1) is 0 Å². The third kappa shape index (κ3) is 3.45. The van der Waals surface area contributed by atoms with Crippen LogP contribution in [0.1, 0.15) is 23.2 Å². The van der Waals surface area contributed by atoms with Crippen LogP contribution in [0.3, 0.4) is 0 Å². The number of hydrogen-bond donors (Lipinski definition) is 2. The molecule has 0 unspecified atom stereocenters. The van der Waals surface area contributed by atoms with E-state index in [0.29, 0.717) is 0 Å². The van der Waals surface area contributed by atoms with Gasteiger partial charge in [-0.25, -0.2) is 4.39 Å². The highest BCUT2D eigenvalue weighted by Gasteiger charge is 2.22. The van der Waals surface area contributed by atoms with Gasteiger partial charge in [-0.3, -0.25) is 4.79 Å². The van der Waals surface area contributed by atoms with Crippen molar-refractivity contribution in [2.24, 2.45) is 0 Å². The molecule has 0 aliphatic carbocycles. The highest BCUT2D eigenvalue weighted by molar-refractivity contribution is 7.80. The number of benzene rings is 1. The Hall–Kier alpha value is -1.69. The lowest BCUT2D eigenvalue weighted by atomic mass is 10.0. The van der Waals surface area contributed by atoms with Crippen molar-refractivity contribution in [3.63, 3.8) is 0 Å². The lowest BCUT2D eigenvalue weighted by Crippen LogP contribution is -2.48. The lowest BCUT2D eigenvalue weighted by Gasteiger charge is -2.33. The van der Waals surface area contributed by atoms with E-state index >= 15 is 0 Å². The molecule has 1 aromatic carbocycles. The summed E-state index contributed by atoms with van der Waals surface area (Å²) in [5.41, 5.74) is 0.0978. The molecular weight excluding hydrogens is 277 g/mol. The molecular formula is C14H18FN3OS. The third-order valence-electron chi connectivity index (χ3n) is 3.45. The first-order valence-electron chi connectivity index (χ1n) is 6.64. The first-order chi connectivity index (χ1) is 9.61. The predicted octanol–water partition coefficient (Wildman–Crippen LogP) is 1.52. The van der Waals surface area contributed by atoms with Crippen LogP contribution >= 0.6 is 12.2 Å². The molecule has 2 rings (SSSR count). The fraction of sp³-hybridized carbons (Fsp3) is 0.429. The Kier molecular flexibility index (Phi) is 4.89. The summed E-state index contributed by atoms with van der Waals surface area (Å²) >= 11 is 5.17. The van der Waals surface area contributed by atoms with E-state index in [-0.39, 0.29) is 17.5 Å². The van der Waals surface area contributed by atoms with Gasteiger partial charge >= 0.3 is 0 Å². The molecule has 0 spiro atoms. The van der Waals surface area contributed by atoms with E-state index in [1.54, 1.807) is 19.2 Å². The zero-order valence-electron chi connectivity index (χ0n) is 11.4. The van der Waals surface area contributed by atoms with Gasteiger partial charge in [-0.1, -0.05) is 12.1 Å². The molecule has 6 heteroatoms. The number of thiocarbonyl (C=S) groups is 1. The molecule has 0 aromatic heterocycles. The number of rotatable bonds is 2. The van der Waals surface area contributed by atoms with E-state index < -0.39 is 5.82 Å². The molecule has 0 bridgehead atoms. The highest BCUT2D eigenvalue weighted by Crippen LogP contribution is 2.12. The molecule has 4 nitrogen and oxygen atoms in total. The Balaban J connectivity index is 1.88. The molecule has 1 aliphatic rings. The van der Waals surface area contributed by atoms with Gasteiger partial charge in [0.05, 0.1) is 5.56 Å². The van der Waals surface area contributed by atoms with Crippen LogP contribution in [-0.2, 0) is 0 Å². The zero-order chi connectivity index (χ0) is 14.5. The number of piperidine rings is 1. The summed E-state index contributed by atoms with van der Waals surface area (Å²) in [5.74, 6) is -0.837. The first-order valence-corrected chi connectivity index (χ1v) is 7.04. The fourth-order valence-corrected chi connectivity index (χ4v) is 2.48. The minimum absolute atomic E-state index is 0.0676. The SMILES string of the molecule is CNC(=S)N1CCC(NC(=O)c2ccccc2F)CC1. The van der Waals surface area contributed by atoms with Crippen LogP contribution in [0, 0.1) is 5.82 Å². The maximum Gasteiger partial charge on any atom is 0.254 e. The Morgan fingerprint density at radius 2 is 2.00 bits per heavy atom. The molecule has 108 valence electrons. The van der Waals surface area contributed by atoms with E-state index in [1.165, 1.54) is 12.1 Å². The highest BCUT2D eigenvalue weighted by atomic mass is 32.1. The molecule has 1 aromatic rings. The third-order valence-corrected chi connectivity index (χ3v) is 3.91. The van der Waals surface area contributed by atoms with Crippen LogP contribution in [0.4, 0.5) is 4.39 Å². The van der Waals surface area contributed by atoms with Crippen molar-refractivity contribution in [1.29, 1.82) is 0 Å². The molecule has 0 radical (unpaired) electrons. The summed E-state index contributed by atoms with van der Waals surface area (Å²) in [6, 6.07) is 6.09. The molecule has 1 fully saturated rings. The molecule has 0 atom stereocenters. The van der Waals surface area contributed by atoms with Crippen LogP contribution in [0.5, 0.6) is 0 Å². The summed E-state index contributed by atoms with van der Waals surface area (Å²) in [4.78, 5) is 14.1. The molecule has 1 amide bonds. The number of amides is 1. The van der Waals surface area contributed by atoms with E-state index in [2.05, 4.69) is 15.5 Å². The number of carbonyl (C=O) groups is 1. The second kappa shape index (κ2) is 6.65. The van der Waals surface area contributed by atoms with Gasteiger partial charge in [0, 0.05) is 26.2 Å². The second-order valence-electron chi connectivity index (χ2n) is 4.77. The Bertz CT molecular complexity index is 501. The lowest BCUT2D eigenvalue weighted by molar-refractivity contribution is 0.0918. The van der Waals surface area contributed by atoms with Crippen molar-refractivity contribution in [1.82, 2.24) is 15.5 Å². The van der Waals surface area contributed by atoms with Crippen LogP contribution in [0.25, 0.3) is 0 Å². The zero-order valence-corrected chi connectivity index (χ0v) is 12.2. The van der Waals surface area contributed by atoms with E-state index in [4.69, 9.17) is 12.2 Å². The summed E-state index contributed by atoms with van der Waals surface area (Å²) in [6.07, 6.45) is 1.62. The van der Waals surface area contributed by atoms with Gasteiger partial charge in [0.2, 0.25) is 0 Å². The maximum atomic E-state index is 13.5. The summed E-state index contributed by atoms with van der Waals surface area (Å²) < 4.78 is 13.5. The topological polar surface area (TPSA) is 44.4 Å². The molecule has 2 N–H and O–H groups in total. The number of carbonyl (C=O) groups excluding carboxylic acids is 1. The van der Waals surface area contributed by atoms with Gasteiger partial charge in [-0.2, -0.15) is 0 Å². The Morgan fingerprint density at radius 1 is 1.35 bits per heavy atom. The number of nitrogens with one attached hydrogen (secondary N) is 2. The van der Waals surface area contributed by atoms with Crippen LogP contribution in [0.15, 0.2) is 24.3 Å². The minimum Gasteiger partial charge on any atom is -0.366 e. The molecule has 1 aliphatic heterocycles. The van der Waals surface area contributed by atoms with Gasteiger partial charge in [-0.05, 0) is 37.2 Å². The van der Waals surface area contributed by atoms with Crippen molar-refractivity contribution in [3.05, 3.63) is 35.6 Å². The standard InChI is InChI=1S/C14H18FN3OS/c1-16-14(20)18-8-6-10(7-9-18)17-13(19)11-4-2-3-5-12(11)15/h2-5,10H,6-9H2,1H3,(H,16,20)(H,17,19). The molecule has 1 saturated heterocycles. The normalized spacial score (nSPS) is 15.8. The van der Waals surface area contributed by atoms with E-state index in [1.807, 2.05) is 0 Å². The van der Waals surface area contributed by atoms with E-state index in [9.17, 15) is 9.18 Å². The first kappa shape index (κ1) is 14.7. The molecule has 20 heavy (non-hydrogen) atoms. The van der Waals surface area contributed by atoms with Gasteiger partial charge in [0.25, 0.3) is 5.91 Å². The maximum absolute atomic E-state index is 13.5. The Morgan fingerprint density at radius 3 is 2.60 bits per heavy atom. The minimum atomic E-state index is -0.487. The van der Waals surface area contributed by atoms with Gasteiger partial charge in [0.15, 0.2) is 5.11 Å². The molecule has 0 saturated carbocycles. The monoisotopic (exact) mass is 295 g/mol. The number of hydrogen-bond acceptors (Lipinski definition) is 2. The fourth-order valence-electron chi connectivity index (χ4n) is 2.29.